The first-order valence-corrected chi connectivity index (χ1v) is 6.66. The minimum atomic E-state index is -0.334. The molecule has 0 atom stereocenters. The number of benzene rings is 1. The summed E-state index contributed by atoms with van der Waals surface area (Å²) in [5.74, 6) is 0. The highest BCUT2D eigenvalue weighted by Crippen LogP contribution is 2.24. The van der Waals surface area contributed by atoms with Crippen LogP contribution in [0.3, 0.4) is 0 Å². The SMILES string of the molecule is CSc1ccc(-c2cc(C#N)c(=O)[nH]c2C)cc1. The second kappa shape index (κ2) is 5.11. The number of thioether (sulfide) groups is 1. The summed E-state index contributed by atoms with van der Waals surface area (Å²) in [6, 6.07) is 11.6. The lowest BCUT2D eigenvalue weighted by Gasteiger charge is -2.07. The van der Waals surface area contributed by atoms with Gasteiger partial charge in [0.25, 0.3) is 5.56 Å². The normalized spacial score (nSPS) is 10.1. The summed E-state index contributed by atoms with van der Waals surface area (Å²) < 4.78 is 0. The van der Waals surface area contributed by atoms with Crippen molar-refractivity contribution in [1.29, 1.82) is 5.26 Å². The van der Waals surface area contributed by atoms with Crippen LogP contribution in [-0.4, -0.2) is 11.2 Å². The number of aromatic nitrogens is 1. The molecule has 0 unspecified atom stereocenters. The second-order valence-corrected chi connectivity index (χ2v) is 4.77. The number of pyridine rings is 1. The number of H-pyrrole nitrogens is 1. The zero-order valence-corrected chi connectivity index (χ0v) is 11.0. The van der Waals surface area contributed by atoms with Crippen molar-refractivity contribution < 1.29 is 0 Å². The van der Waals surface area contributed by atoms with Crippen molar-refractivity contribution in [2.45, 2.75) is 11.8 Å². The molecule has 2 rings (SSSR count). The van der Waals surface area contributed by atoms with Crippen LogP contribution in [0.4, 0.5) is 0 Å². The molecule has 0 aliphatic carbocycles. The smallest absolute Gasteiger partial charge is 0.266 e. The summed E-state index contributed by atoms with van der Waals surface area (Å²) in [6.45, 7) is 1.83. The molecular weight excluding hydrogens is 244 g/mol. The van der Waals surface area contributed by atoms with Gasteiger partial charge >= 0.3 is 0 Å². The Kier molecular flexibility index (Phi) is 3.54. The maximum Gasteiger partial charge on any atom is 0.266 e. The van der Waals surface area contributed by atoms with Crippen LogP contribution in [0, 0.1) is 18.3 Å². The van der Waals surface area contributed by atoms with Crippen LogP contribution in [0.15, 0.2) is 40.0 Å². The lowest BCUT2D eigenvalue weighted by molar-refractivity contribution is 1.13. The van der Waals surface area contributed by atoms with E-state index in [1.165, 1.54) is 4.90 Å². The maximum atomic E-state index is 11.5. The molecule has 1 heterocycles. The van der Waals surface area contributed by atoms with Crippen LogP contribution in [0.5, 0.6) is 0 Å². The monoisotopic (exact) mass is 256 g/mol. The van der Waals surface area contributed by atoms with Gasteiger partial charge in [-0.15, -0.1) is 11.8 Å². The van der Waals surface area contributed by atoms with Crippen LogP contribution < -0.4 is 5.56 Å². The molecule has 1 aromatic carbocycles. The molecule has 4 heteroatoms. The van der Waals surface area contributed by atoms with E-state index in [0.29, 0.717) is 0 Å². The molecule has 18 heavy (non-hydrogen) atoms. The van der Waals surface area contributed by atoms with Gasteiger partial charge in [-0.05, 0) is 36.9 Å². The minimum Gasteiger partial charge on any atom is -0.325 e. The third-order valence-corrected chi connectivity index (χ3v) is 3.50. The summed E-state index contributed by atoms with van der Waals surface area (Å²) in [5, 5.41) is 8.89. The average Bonchev–Trinajstić information content (AvgIpc) is 2.39. The number of hydrogen-bond donors (Lipinski definition) is 1. The average molecular weight is 256 g/mol. The highest BCUT2D eigenvalue weighted by atomic mass is 32.2. The highest BCUT2D eigenvalue weighted by Gasteiger charge is 2.07. The van der Waals surface area contributed by atoms with Crippen molar-refractivity contribution in [3.63, 3.8) is 0 Å². The number of nitrogens with one attached hydrogen (secondary N) is 1. The minimum absolute atomic E-state index is 0.143. The number of rotatable bonds is 2. The van der Waals surface area contributed by atoms with Crippen LogP contribution in [-0.2, 0) is 0 Å². The molecule has 0 radical (unpaired) electrons. The molecule has 1 aromatic heterocycles. The Morgan fingerprint density at radius 1 is 1.28 bits per heavy atom. The number of aromatic amines is 1. The number of hydrogen-bond acceptors (Lipinski definition) is 3. The molecule has 3 nitrogen and oxygen atoms in total. The maximum absolute atomic E-state index is 11.5. The third kappa shape index (κ3) is 2.31. The van der Waals surface area contributed by atoms with Gasteiger partial charge in [0.15, 0.2) is 0 Å². The van der Waals surface area contributed by atoms with E-state index in [1.54, 1.807) is 17.8 Å². The van der Waals surface area contributed by atoms with Crippen molar-refractivity contribution in [2.24, 2.45) is 0 Å². The summed E-state index contributed by atoms with van der Waals surface area (Å²) in [6.07, 6.45) is 2.02. The van der Waals surface area contributed by atoms with E-state index >= 15 is 0 Å². The summed E-state index contributed by atoms with van der Waals surface area (Å²) in [5.41, 5.74) is 2.47. The molecular formula is C14H12N2OS. The van der Waals surface area contributed by atoms with Gasteiger partial charge in [-0.3, -0.25) is 4.79 Å². The van der Waals surface area contributed by atoms with Gasteiger partial charge in [0, 0.05) is 16.2 Å². The Bertz CT molecular complexity index is 666. The van der Waals surface area contributed by atoms with Crippen molar-refractivity contribution in [1.82, 2.24) is 4.98 Å². The van der Waals surface area contributed by atoms with Crippen molar-refractivity contribution in [2.75, 3.05) is 6.26 Å². The summed E-state index contributed by atoms with van der Waals surface area (Å²) >= 11 is 1.68. The van der Waals surface area contributed by atoms with E-state index in [9.17, 15) is 4.79 Å². The first-order valence-electron chi connectivity index (χ1n) is 5.44. The number of aryl methyl sites for hydroxylation is 1. The van der Waals surface area contributed by atoms with Gasteiger partial charge in [-0.1, -0.05) is 12.1 Å². The second-order valence-electron chi connectivity index (χ2n) is 3.89. The van der Waals surface area contributed by atoms with Crippen molar-refractivity contribution in [3.8, 4) is 17.2 Å². The zero-order chi connectivity index (χ0) is 13.1. The van der Waals surface area contributed by atoms with Gasteiger partial charge in [-0.2, -0.15) is 5.26 Å². The molecule has 0 saturated carbocycles. The van der Waals surface area contributed by atoms with Gasteiger partial charge in [0.2, 0.25) is 0 Å². The largest absolute Gasteiger partial charge is 0.325 e. The molecule has 0 bridgehead atoms. The van der Waals surface area contributed by atoms with Gasteiger partial charge in [0.05, 0.1) is 0 Å². The Morgan fingerprint density at radius 3 is 2.50 bits per heavy atom. The molecule has 0 spiro atoms. The summed E-state index contributed by atoms with van der Waals surface area (Å²) in [7, 11) is 0. The van der Waals surface area contributed by atoms with Crippen LogP contribution in [0.2, 0.25) is 0 Å². The van der Waals surface area contributed by atoms with Crippen LogP contribution in [0.25, 0.3) is 11.1 Å². The van der Waals surface area contributed by atoms with E-state index in [-0.39, 0.29) is 11.1 Å². The molecule has 2 aromatic rings. The first kappa shape index (κ1) is 12.5. The predicted octanol–water partition coefficient (Wildman–Crippen LogP) is 2.94. The molecule has 0 saturated heterocycles. The van der Waals surface area contributed by atoms with Gasteiger partial charge < -0.3 is 4.98 Å². The van der Waals surface area contributed by atoms with Gasteiger partial charge in [0.1, 0.15) is 11.6 Å². The van der Waals surface area contributed by atoms with E-state index in [0.717, 1.165) is 16.8 Å². The molecule has 0 aliphatic heterocycles. The fourth-order valence-corrected chi connectivity index (χ4v) is 2.18. The quantitative estimate of drug-likeness (QED) is 0.840. The lowest BCUT2D eigenvalue weighted by Crippen LogP contribution is -2.11. The van der Waals surface area contributed by atoms with E-state index < -0.39 is 0 Å². The molecule has 1 N–H and O–H groups in total. The Morgan fingerprint density at radius 2 is 1.94 bits per heavy atom. The number of nitrogens with zero attached hydrogens (tertiary/aromatic N) is 1. The zero-order valence-electron chi connectivity index (χ0n) is 10.2. The van der Waals surface area contributed by atoms with E-state index in [2.05, 4.69) is 4.98 Å². The standard InChI is InChI=1S/C14H12N2OS/c1-9-13(7-11(8-15)14(17)16-9)10-3-5-12(18-2)6-4-10/h3-7H,1-2H3,(H,16,17). The molecule has 0 aliphatic rings. The fourth-order valence-electron chi connectivity index (χ4n) is 1.78. The fraction of sp³-hybridized carbons (Fsp3) is 0.143. The lowest BCUT2D eigenvalue weighted by atomic mass is 10.0. The predicted molar refractivity (Wildman–Crippen MR) is 73.7 cm³/mol. The van der Waals surface area contributed by atoms with E-state index in [1.807, 2.05) is 43.5 Å². The first-order chi connectivity index (χ1) is 8.65. The van der Waals surface area contributed by atoms with Crippen LogP contribution in [0.1, 0.15) is 11.3 Å². The Balaban J connectivity index is 2.56. The molecule has 90 valence electrons. The topological polar surface area (TPSA) is 56.6 Å². The molecule has 0 fully saturated rings. The summed E-state index contributed by atoms with van der Waals surface area (Å²) in [4.78, 5) is 15.4. The highest BCUT2D eigenvalue weighted by molar-refractivity contribution is 7.98. The third-order valence-electron chi connectivity index (χ3n) is 2.76. The Labute approximate surface area is 109 Å². The van der Waals surface area contributed by atoms with Crippen LogP contribution >= 0.6 is 11.8 Å². The van der Waals surface area contributed by atoms with Crippen molar-refractivity contribution >= 4 is 11.8 Å². The number of nitriles is 1. The van der Waals surface area contributed by atoms with E-state index in [4.69, 9.17) is 5.26 Å². The molecule has 0 amide bonds. The van der Waals surface area contributed by atoms with Gasteiger partial charge in [-0.25, -0.2) is 0 Å². The Hall–Kier alpha value is -1.99. The van der Waals surface area contributed by atoms with Crippen molar-refractivity contribution in [3.05, 3.63) is 51.9 Å².